The van der Waals surface area contributed by atoms with Crippen molar-refractivity contribution >= 4 is 5.91 Å². The van der Waals surface area contributed by atoms with E-state index in [1.807, 2.05) is 4.90 Å². The van der Waals surface area contributed by atoms with Crippen LogP contribution in [-0.4, -0.2) is 73.2 Å². The van der Waals surface area contributed by atoms with E-state index in [0.29, 0.717) is 6.04 Å². The van der Waals surface area contributed by atoms with Crippen LogP contribution in [0.4, 0.5) is 0 Å². The summed E-state index contributed by atoms with van der Waals surface area (Å²) in [7, 11) is 0. The van der Waals surface area contributed by atoms with Crippen LogP contribution in [0.1, 0.15) is 32.6 Å². The number of ether oxygens (including phenoxy) is 1. The third-order valence-electron chi connectivity index (χ3n) is 5.20. The van der Waals surface area contributed by atoms with Crippen LogP contribution < -0.4 is 5.32 Å². The van der Waals surface area contributed by atoms with Gasteiger partial charge >= 0.3 is 0 Å². The van der Waals surface area contributed by atoms with Gasteiger partial charge in [-0.1, -0.05) is 0 Å². The van der Waals surface area contributed by atoms with E-state index in [2.05, 4.69) is 10.2 Å². The van der Waals surface area contributed by atoms with Gasteiger partial charge in [0.05, 0.1) is 12.2 Å². The molecule has 114 valence electrons. The molecule has 3 saturated heterocycles. The number of amides is 1. The molecule has 3 heterocycles. The second-order valence-electron chi connectivity index (χ2n) is 6.50. The average molecular weight is 281 g/mol. The van der Waals surface area contributed by atoms with Gasteiger partial charge in [-0.2, -0.15) is 0 Å². The van der Waals surface area contributed by atoms with Crippen LogP contribution in [-0.2, 0) is 9.53 Å². The van der Waals surface area contributed by atoms with Gasteiger partial charge in [0.25, 0.3) is 0 Å². The van der Waals surface area contributed by atoms with Crippen molar-refractivity contribution in [3.05, 3.63) is 0 Å². The smallest absolute Gasteiger partial charge is 0.219 e. The summed E-state index contributed by atoms with van der Waals surface area (Å²) in [6, 6.07) is 0.556. The number of nitrogens with zero attached hydrogens (tertiary/aromatic N) is 2. The number of carbonyl (C=O) groups is 1. The summed E-state index contributed by atoms with van der Waals surface area (Å²) in [4.78, 5) is 16.0. The molecule has 0 aromatic heterocycles. The molecule has 1 spiro atoms. The number of hydrogen-bond donors (Lipinski definition) is 1. The Morgan fingerprint density at radius 2 is 2.00 bits per heavy atom. The maximum absolute atomic E-state index is 11.5. The van der Waals surface area contributed by atoms with Crippen LogP contribution >= 0.6 is 0 Å². The molecule has 3 rings (SSSR count). The van der Waals surface area contributed by atoms with Crippen molar-refractivity contribution in [2.45, 2.75) is 44.2 Å². The van der Waals surface area contributed by atoms with E-state index in [-0.39, 0.29) is 11.5 Å². The molecule has 3 aliphatic rings. The van der Waals surface area contributed by atoms with Crippen molar-refractivity contribution in [3.63, 3.8) is 0 Å². The zero-order chi connectivity index (χ0) is 14.0. The van der Waals surface area contributed by atoms with Gasteiger partial charge in [-0.15, -0.1) is 0 Å². The number of nitrogens with one attached hydrogen (secondary N) is 1. The van der Waals surface area contributed by atoms with Gasteiger partial charge in [0.15, 0.2) is 0 Å². The minimum atomic E-state index is 0.141. The van der Waals surface area contributed by atoms with E-state index >= 15 is 0 Å². The molecule has 20 heavy (non-hydrogen) atoms. The van der Waals surface area contributed by atoms with Crippen LogP contribution in [0.5, 0.6) is 0 Å². The first-order valence-corrected chi connectivity index (χ1v) is 8.03. The first-order chi connectivity index (χ1) is 9.69. The fraction of sp³-hybridized carbons (Fsp3) is 0.933. The Balaban J connectivity index is 1.56. The number of carbonyl (C=O) groups excluding carboxylic acids is 1. The van der Waals surface area contributed by atoms with E-state index in [9.17, 15) is 4.79 Å². The van der Waals surface area contributed by atoms with Crippen molar-refractivity contribution in [3.8, 4) is 0 Å². The standard InChI is InChI=1S/C15H27N3O2/c1-13(19)17-7-2-8-18(10-9-17)14-11-15(20-12-14)3-5-16-6-4-15/h14,16H,2-12H2,1H3. The SMILES string of the molecule is CC(=O)N1CCCN(C2COC3(CCNCC3)C2)CC1. The molecule has 0 aromatic carbocycles. The van der Waals surface area contributed by atoms with Crippen molar-refractivity contribution < 1.29 is 9.53 Å². The molecule has 1 atom stereocenters. The molecule has 0 aromatic rings. The maximum Gasteiger partial charge on any atom is 0.219 e. The molecule has 1 unspecified atom stereocenters. The zero-order valence-electron chi connectivity index (χ0n) is 12.6. The minimum Gasteiger partial charge on any atom is -0.373 e. The van der Waals surface area contributed by atoms with E-state index in [4.69, 9.17) is 4.74 Å². The molecule has 5 heteroatoms. The molecule has 0 bridgehead atoms. The third-order valence-corrected chi connectivity index (χ3v) is 5.20. The van der Waals surface area contributed by atoms with Gasteiger partial charge in [0.2, 0.25) is 5.91 Å². The predicted octanol–water partition coefficient (Wildman–Crippen LogP) is 0.452. The van der Waals surface area contributed by atoms with Crippen LogP contribution in [0.25, 0.3) is 0 Å². The Hall–Kier alpha value is -0.650. The largest absolute Gasteiger partial charge is 0.373 e. The highest BCUT2D eigenvalue weighted by Gasteiger charge is 2.43. The minimum absolute atomic E-state index is 0.141. The monoisotopic (exact) mass is 281 g/mol. The molecular weight excluding hydrogens is 254 g/mol. The lowest BCUT2D eigenvalue weighted by Crippen LogP contribution is -2.43. The molecule has 1 amide bonds. The molecular formula is C15H27N3O2. The summed E-state index contributed by atoms with van der Waals surface area (Å²) in [6.45, 7) is 8.62. The van der Waals surface area contributed by atoms with Crippen molar-refractivity contribution in [2.75, 3.05) is 45.9 Å². The summed E-state index contributed by atoms with van der Waals surface area (Å²) in [5.74, 6) is 0.212. The van der Waals surface area contributed by atoms with Gasteiger partial charge in [-0.05, 0) is 38.8 Å². The highest BCUT2D eigenvalue weighted by molar-refractivity contribution is 5.73. The summed E-state index contributed by atoms with van der Waals surface area (Å²) < 4.78 is 6.20. The van der Waals surface area contributed by atoms with Crippen LogP contribution in [0.2, 0.25) is 0 Å². The van der Waals surface area contributed by atoms with E-state index < -0.39 is 0 Å². The van der Waals surface area contributed by atoms with Gasteiger partial charge < -0.3 is 15.0 Å². The third kappa shape index (κ3) is 3.00. The summed E-state index contributed by atoms with van der Waals surface area (Å²) in [6.07, 6.45) is 4.56. The molecule has 1 N–H and O–H groups in total. The second-order valence-corrected chi connectivity index (χ2v) is 6.50. The molecule has 3 aliphatic heterocycles. The summed E-state index contributed by atoms with van der Waals surface area (Å²) in [5.41, 5.74) is 0.141. The van der Waals surface area contributed by atoms with Gasteiger partial charge in [-0.25, -0.2) is 0 Å². The number of rotatable bonds is 1. The highest BCUT2D eigenvalue weighted by atomic mass is 16.5. The normalized spacial score (nSPS) is 31.4. The van der Waals surface area contributed by atoms with E-state index in [1.54, 1.807) is 6.92 Å². The Kier molecular flexibility index (Phi) is 4.29. The van der Waals surface area contributed by atoms with Crippen molar-refractivity contribution in [1.82, 2.24) is 15.1 Å². The highest BCUT2D eigenvalue weighted by Crippen LogP contribution is 2.36. The quantitative estimate of drug-likeness (QED) is 0.758. The van der Waals surface area contributed by atoms with E-state index in [0.717, 1.165) is 65.1 Å². The summed E-state index contributed by atoms with van der Waals surface area (Å²) >= 11 is 0. The first kappa shape index (κ1) is 14.3. The number of hydrogen-bond acceptors (Lipinski definition) is 4. The van der Waals surface area contributed by atoms with E-state index in [1.165, 1.54) is 6.42 Å². The van der Waals surface area contributed by atoms with Crippen molar-refractivity contribution in [1.29, 1.82) is 0 Å². The second kappa shape index (κ2) is 6.00. The molecule has 3 fully saturated rings. The van der Waals surface area contributed by atoms with Gasteiger partial charge in [0, 0.05) is 39.1 Å². The predicted molar refractivity (Wildman–Crippen MR) is 77.6 cm³/mol. The van der Waals surface area contributed by atoms with Crippen LogP contribution in [0.15, 0.2) is 0 Å². The van der Waals surface area contributed by atoms with Crippen molar-refractivity contribution in [2.24, 2.45) is 0 Å². The lowest BCUT2D eigenvalue weighted by Gasteiger charge is -2.34. The first-order valence-electron chi connectivity index (χ1n) is 8.03. The molecule has 0 radical (unpaired) electrons. The Morgan fingerprint density at radius 3 is 2.75 bits per heavy atom. The maximum atomic E-state index is 11.5. The molecule has 0 saturated carbocycles. The van der Waals surface area contributed by atoms with Gasteiger partial charge in [0.1, 0.15) is 0 Å². The topological polar surface area (TPSA) is 44.8 Å². The Bertz CT molecular complexity index is 355. The number of piperidine rings is 1. The molecule has 5 nitrogen and oxygen atoms in total. The lowest BCUT2D eigenvalue weighted by atomic mass is 9.88. The van der Waals surface area contributed by atoms with Gasteiger partial charge in [-0.3, -0.25) is 9.69 Å². The van der Waals surface area contributed by atoms with Crippen LogP contribution in [0.3, 0.4) is 0 Å². The Labute approximate surface area is 121 Å². The fourth-order valence-electron chi connectivity index (χ4n) is 3.90. The van der Waals surface area contributed by atoms with Crippen LogP contribution in [0, 0.1) is 0 Å². The Morgan fingerprint density at radius 1 is 1.20 bits per heavy atom. The fourth-order valence-corrected chi connectivity index (χ4v) is 3.90. The lowest BCUT2D eigenvalue weighted by molar-refractivity contribution is -0.128. The summed E-state index contributed by atoms with van der Waals surface area (Å²) in [5, 5.41) is 3.42. The zero-order valence-corrected chi connectivity index (χ0v) is 12.6. The average Bonchev–Trinajstić information content (AvgIpc) is 2.70. The molecule has 0 aliphatic carbocycles.